The summed E-state index contributed by atoms with van der Waals surface area (Å²) in [6.07, 6.45) is 6.24. The minimum atomic E-state index is -0.947. The third-order valence-corrected chi connectivity index (χ3v) is 5.05. The van der Waals surface area contributed by atoms with E-state index in [2.05, 4.69) is 6.08 Å². The summed E-state index contributed by atoms with van der Waals surface area (Å²) in [5, 5.41) is 0. The van der Waals surface area contributed by atoms with E-state index in [-0.39, 0.29) is 17.9 Å². The lowest BCUT2D eigenvalue weighted by Crippen LogP contribution is -2.50. The molecule has 1 spiro atoms. The molecule has 5 heteroatoms. The molecule has 5 bridgehead atoms. The largest absolute Gasteiger partial charge is 0.463 e. The van der Waals surface area contributed by atoms with Gasteiger partial charge in [0.25, 0.3) is 0 Å². The highest BCUT2D eigenvalue weighted by molar-refractivity contribution is 5.91. The Labute approximate surface area is 122 Å². The standard InChI is InChI=1S/C16H18O5/c1-2-19-14(17)10-7-11-12-4-3-9-5-6-20-16(12,13(9)8-10)21-15(11)18/h4,8-9,11,13H,2-3,5-7H2,1H3/t9-,11-,13+,16-/m0/s1. The second kappa shape index (κ2) is 4.44. The molecule has 4 atom stereocenters. The summed E-state index contributed by atoms with van der Waals surface area (Å²) in [6.45, 7) is 2.72. The van der Waals surface area contributed by atoms with Gasteiger partial charge in [0, 0.05) is 11.1 Å². The molecule has 0 radical (unpaired) electrons. The van der Waals surface area contributed by atoms with Gasteiger partial charge in [-0.15, -0.1) is 0 Å². The minimum absolute atomic E-state index is 0.0675. The Morgan fingerprint density at radius 1 is 1.52 bits per heavy atom. The monoisotopic (exact) mass is 290 g/mol. The first-order valence-electron chi connectivity index (χ1n) is 7.61. The predicted octanol–water partition coefficient (Wildman–Crippen LogP) is 1.73. The molecule has 0 aromatic heterocycles. The van der Waals surface area contributed by atoms with Crippen LogP contribution in [0.25, 0.3) is 0 Å². The molecule has 21 heavy (non-hydrogen) atoms. The number of hydrogen-bond donors (Lipinski definition) is 0. The van der Waals surface area contributed by atoms with Gasteiger partial charge in [-0.3, -0.25) is 4.79 Å². The smallest absolute Gasteiger partial charge is 0.333 e. The van der Waals surface area contributed by atoms with Gasteiger partial charge < -0.3 is 14.2 Å². The maximum absolute atomic E-state index is 12.2. The molecular formula is C16H18O5. The lowest BCUT2D eigenvalue weighted by molar-refractivity contribution is -0.242. The van der Waals surface area contributed by atoms with E-state index in [0.29, 0.717) is 31.1 Å². The summed E-state index contributed by atoms with van der Waals surface area (Å²) in [5.41, 5.74) is 1.51. The second-order valence-corrected chi connectivity index (χ2v) is 6.08. The first-order chi connectivity index (χ1) is 10.2. The van der Waals surface area contributed by atoms with Crippen LogP contribution in [-0.4, -0.2) is 30.9 Å². The highest BCUT2D eigenvalue weighted by Crippen LogP contribution is 2.56. The van der Waals surface area contributed by atoms with E-state index in [0.717, 1.165) is 18.4 Å². The third-order valence-electron chi connectivity index (χ3n) is 5.05. The van der Waals surface area contributed by atoms with Gasteiger partial charge in [-0.2, -0.15) is 0 Å². The average Bonchev–Trinajstić information content (AvgIpc) is 2.65. The molecular weight excluding hydrogens is 272 g/mol. The van der Waals surface area contributed by atoms with Gasteiger partial charge in [-0.25, -0.2) is 4.79 Å². The maximum atomic E-state index is 12.2. The molecule has 0 N–H and O–H groups in total. The number of hydrogen-bond acceptors (Lipinski definition) is 5. The Kier molecular flexibility index (Phi) is 2.76. The highest BCUT2D eigenvalue weighted by Gasteiger charge is 2.63. The quantitative estimate of drug-likeness (QED) is 0.572. The zero-order valence-corrected chi connectivity index (χ0v) is 12.0. The fraction of sp³-hybridized carbons (Fsp3) is 0.625. The van der Waals surface area contributed by atoms with E-state index >= 15 is 0 Å². The molecule has 0 saturated carbocycles. The number of esters is 2. The molecule has 112 valence electrons. The molecule has 2 fully saturated rings. The van der Waals surface area contributed by atoms with Crippen LogP contribution in [0, 0.1) is 17.8 Å². The summed E-state index contributed by atoms with van der Waals surface area (Å²) >= 11 is 0. The van der Waals surface area contributed by atoms with Crippen LogP contribution >= 0.6 is 0 Å². The number of ether oxygens (including phenoxy) is 3. The molecule has 0 aromatic carbocycles. The molecule has 2 aliphatic carbocycles. The number of carbonyl (C=O) groups excluding carboxylic acids is 2. The number of rotatable bonds is 2. The van der Waals surface area contributed by atoms with Gasteiger partial charge >= 0.3 is 11.9 Å². The summed E-state index contributed by atoms with van der Waals surface area (Å²) in [5.74, 6) is -1.65. The molecule has 4 rings (SSSR count). The fourth-order valence-electron chi connectivity index (χ4n) is 4.12. The molecule has 2 heterocycles. The predicted molar refractivity (Wildman–Crippen MR) is 71.9 cm³/mol. The van der Waals surface area contributed by atoms with Gasteiger partial charge in [0.05, 0.1) is 25.0 Å². The second-order valence-electron chi connectivity index (χ2n) is 6.08. The Balaban J connectivity index is 1.82. The van der Waals surface area contributed by atoms with Crippen LogP contribution in [0.3, 0.4) is 0 Å². The molecule has 0 aromatic rings. The van der Waals surface area contributed by atoms with E-state index in [1.165, 1.54) is 0 Å². The van der Waals surface area contributed by atoms with Crippen molar-refractivity contribution < 1.29 is 23.8 Å². The van der Waals surface area contributed by atoms with Crippen LogP contribution in [0.15, 0.2) is 23.3 Å². The van der Waals surface area contributed by atoms with Crippen LogP contribution in [0.4, 0.5) is 0 Å². The first-order valence-corrected chi connectivity index (χ1v) is 7.61. The van der Waals surface area contributed by atoms with E-state index in [9.17, 15) is 9.59 Å². The molecule has 2 aliphatic heterocycles. The summed E-state index contributed by atoms with van der Waals surface area (Å²) < 4.78 is 16.7. The van der Waals surface area contributed by atoms with Crippen molar-refractivity contribution in [2.75, 3.05) is 13.2 Å². The van der Waals surface area contributed by atoms with Crippen molar-refractivity contribution in [2.45, 2.75) is 32.0 Å². The van der Waals surface area contributed by atoms with Crippen molar-refractivity contribution in [3.63, 3.8) is 0 Å². The molecule has 0 unspecified atom stereocenters. The zero-order chi connectivity index (χ0) is 14.6. The van der Waals surface area contributed by atoms with Crippen LogP contribution in [0.5, 0.6) is 0 Å². The van der Waals surface area contributed by atoms with Crippen molar-refractivity contribution >= 4 is 11.9 Å². The van der Waals surface area contributed by atoms with Crippen molar-refractivity contribution in [2.24, 2.45) is 17.8 Å². The van der Waals surface area contributed by atoms with E-state index < -0.39 is 11.7 Å². The molecule has 0 amide bonds. The lowest BCUT2D eigenvalue weighted by Gasteiger charge is -2.46. The molecule has 2 saturated heterocycles. The average molecular weight is 290 g/mol. The molecule has 4 aliphatic rings. The SMILES string of the molecule is CCOC(=O)C1=C[C@@H]2[C@H]3CC=C4[C@H](C1)C(=O)O[C@@]42OCC3. The van der Waals surface area contributed by atoms with E-state index in [1.54, 1.807) is 6.92 Å². The lowest BCUT2D eigenvalue weighted by atomic mass is 9.71. The van der Waals surface area contributed by atoms with Gasteiger partial charge in [0.2, 0.25) is 5.79 Å². The topological polar surface area (TPSA) is 61.8 Å². The Morgan fingerprint density at radius 2 is 2.38 bits per heavy atom. The third kappa shape index (κ3) is 1.67. The normalized spacial score (nSPS) is 39.9. The number of allylic oxidation sites excluding steroid dienone is 1. The van der Waals surface area contributed by atoms with E-state index in [1.807, 2.05) is 6.08 Å². The van der Waals surface area contributed by atoms with Gasteiger partial charge in [0.15, 0.2) is 0 Å². The van der Waals surface area contributed by atoms with Gasteiger partial charge in [-0.05, 0) is 32.1 Å². The van der Waals surface area contributed by atoms with Gasteiger partial charge in [-0.1, -0.05) is 12.2 Å². The van der Waals surface area contributed by atoms with Gasteiger partial charge in [0.1, 0.15) is 0 Å². The first kappa shape index (κ1) is 13.1. The van der Waals surface area contributed by atoms with Crippen molar-refractivity contribution in [3.8, 4) is 0 Å². The van der Waals surface area contributed by atoms with Crippen LogP contribution in [0.1, 0.15) is 26.2 Å². The fourth-order valence-corrected chi connectivity index (χ4v) is 4.12. The number of carbonyl (C=O) groups is 2. The van der Waals surface area contributed by atoms with E-state index in [4.69, 9.17) is 14.2 Å². The van der Waals surface area contributed by atoms with Crippen molar-refractivity contribution in [1.82, 2.24) is 0 Å². The maximum Gasteiger partial charge on any atom is 0.333 e. The Morgan fingerprint density at radius 3 is 3.19 bits per heavy atom. The molecule has 5 nitrogen and oxygen atoms in total. The summed E-state index contributed by atoms with van der Waals surface area (Å²) in [6, 6.07) is 0. The zero-order valence-electron chi connectivity index (χ0n) is 12.0. The highest BCUT2D eigenvalue weighted by atomic mass is 16.7. The minimum Gasteiger partial charge on any atom is -0.463 e. The Hall–Kier alpha value is -1.62. The summed E-state index contributed by atoms with van der Waals surface area (Å²) in [4.78, 5) is 24.4. The van der Waals surface area contributed by atoms with Crippen LogP contribution in [-0.2, 0) is 23.8 Å². The van der Waals surface area contributed by atoms with Crippen molar-refractivity contribution in [3.05, 3.63) is 23.3 Å². The Bertz CT molecular complexity index is 575. The van der Waals surface area contributed by atoms with Crippen LogP contribution < -0.4 is 0 Å². The summed E-state index contributed by atoms with van der Waals surface area (Å²) in [7, 11) is 0. The van der Waals surface area contributed by atoms with Crippen molar-refractivity contribution in [1.29, 1.82) is 0 Å². The van der Waals surface area contributed by atoms with Crippen LogP contribution in [0.2, 0.25) is 0 Å².